The number of fused-ring (bicyclic) bond motifs is 1. The highest BCUT2D eigenvalue weighted by molar-refractivity contribution is 5.93. The van der Waals surface area contributed by atoms with Crippen molar-refractivity contribution >= 4 is 17.3 Å². The van der Waals surface area contributed by atoms with Gasteiger partial charge in [-0.3, -0.25) is 4.79 Å². The molecule has 2 aromatic rings. The number of piperidine rings is 1. The van der Waals surface area contributed by atoms with Crippen LogP contribution in [0.4, 0.5) is 24.5 Å². The summed E-state index contributed by atoms with van der Waals surface area (Å²) in [4.78, 5) is 14.7. The number of aliphatic hydroxyl groups excluding tert-OH is 1. The van der Waals surface area contributed by atoms with Crippen LogP contribution in [-0.2, 0) is 23.8 Å². The molecule has 1 fully saturated rings. The molecule has 0 aromatic heterocycles. The Labute approximate surface area is 173 Å². The van der Waals surface area contributed by atoms with E-state index in [1.807, 2.05) is 23.1 Å². The van der Waals surface area contributed by atoms with Crippen molar-refractivity contribution in [2.45, 2.75) is 44.4 Å². The van der Waals surface area contributed by atoms with Crippen molar-refractivity contribution in [2.75, 3.05) is 23.3 Å². The van der Waals surface area contributed by atoms with Crippen molar-refractivity contribution in [1.82, 2.24) is 0 Å². The molecule has 2 N–H and O–H groups in total. The van der Waals surface area contributed by atoms with Crippen molar-refractivity contribution in [3.63, 3.8) is 0 Å². The van der Waals surface area contributed by atoms with Gasteiger partial charge in [0.1, 0.15) is 0 Å². The van der Waals surface area contributed by atoms with E-state index >= 15 is 0 Å². The number of halogens is 3. The monoisotopic (exact) mass is 418 g/mol. The van der Waals surface area contributed by atoms with Crippen LogP contribution in [-0.4, -0.2) is 30.2 Å². The second-order valence-electron chi connectivity index (χ2n) is 8.14. The van der Waals surface area contributed by atoms with Crippen LogP contribution >= 0.6 is 0 Å². The molecule has 0 saturated carbocycles. The van der Waals surface area contributed by atoms with E-state index in [9.17, 15) is 23.1 Å². The second kappa shape index (κ2) is 8.30. The Hall–Kier alpha value is -2.54. The topological polar surface area (TPSA) is 52.6 Å². The SMILES string of the molecule is O=C(Nc1cccc2c1CC(O)CC2)C1CCN(c2cccc(C(F)(F)F)c2)CC1. The Balaban J connectivity index is 1.39. The number of aliphatic hydroxyl groups is 1. The molecule has 1 aliphatic heterocycles. The van der Waals surface area contributed by atoms with E-state index < -0.39 is 11.7 Å². The van der Waals surface area contributed by atoms with Crippen molar-refractivity contribution in [3.8, 4) is 0 Å². The van der Waals surface area contributed by atoms with E-state index in [1.54, 1.807) is 6.07 Å². The number of carbonyl (C=O) groups excluding carboxylic acids is 1. The van der Waals surface area contributed by atoms with Crippen LogP contribution in [0.25, 0.3) is 0 Å². The summed E-state index contributed by atoms with van der Waals surface area (Å²) in [5.74, 6) is -0.247. The molecule has 1 unspecified atom stereocenters. The minimum atomic E-state index is -4.36. The Kier molecular flexibility index (Phi) is 5.73. The van der Waals surface area contributed by atoms with Gasteiger partial charge in [-0.25, -0.2) is 0 Å². The smallest absolute Gasteiger partial charge is 0.393 e. The molecule has 0 spiro atoms. The summed E-state index contributed by atoms with van der Waals surface area (Å²) in [5, 5.41) is 13.0. The minimum Gasteiger partial charge on any atom is -0.393 e. The molecule has 4 nitrogen and oxygen atoms in total. The van der Waals surface area contributed by atoms with E-state index in [1.165, 1.54) is 12.1 Å². The molecule has 0 radical (unpaired) electrons. The van der Waals surface area contributed by atoms with Crippen LogP contribution in [0, 0.1) is 5.92 Å². The third-order valence-electron chi connectivity index (χ3n) is 6.12. The van der Waals surface area contributed by atoms with Crippen LogP contribution in [0.3, 0.4) is 0 Å². The Morgan fingerprint density at radius 2 is 1.80 bits per heavy atom. The van der Waals surface area contributed by atoms with Crippen LogP contribution in [0.2, 0.25) is 0 Å². The number of rotatable bonds is 3. The third-order valence-corrected chi connectivity index (χ3v) is 6.12. The highest BCUT2D eigenvalue weighted by atomic mass is 19.4. The zero-order valence-electron chi connectivity index (χ0n) is 16.6. The van der Waals surface area contributed by atoms with Gasteiger partial charge in [0.2, 0.25) is 5.91 Å². The first-order valence-corrected chi connectivity index (χ1v) is 10.3. The first kappa shape index (κ1) is 20.7. The predicted molar refractivity (Wildman–Crippen MR) is 109 cm³/mol. The summed E-state index contributed by atoms with van der Waals surface area (Å²) in [6.07, 6.45) is -1.50. The largest absolute Gasteiger partial charge is 0.416 e. The summed E-state index contributed by atoms with van der Waals surface area (Å²) in [7, 11) is 0. The van der Waals surface area contributed by atoms with Gasteiger partial charge in [-0.15, -0.1) is 0 Å². The minimum absolute atomic E-state index is 0.0628. The van der Waals surface area contributed by atoms with Crippen molar-refractivity contribution < 1.29 is 23.1 Å². The molecule has 1 amide bonds. The Morgan fingerprint density at radius 3 is 2.53 bits per heavy atom. The highest BCUT2D eigenvalue weighted by Crippen LogP contribution is 2.33. The Morgan fingerprint density at radius 1 is 1.07 bits per heavy atom. The van der Waals surface area contributed by atoms with Gasteiger partial charge in [-0.05, 0) is 61.1 Å². The number of amides is 1. The van der Waals surface area contributed by atoms with Crippen LogP contribution in [0.1, 0.15) is 36.0 Å². The lowest BCUT2D eigenvalue weighted by Gasteiger charge is -2.33. The maximum Gasteiger partial charge on any atom is 0.416 e. The zero-order valence-corrected chi connectivity index (χ0v) is 16.6. The van der Waals surface area contributed by atoms with E-state index in [0.717, 1.165) is 35.7 Å². The molecule has 2 aromatic carbocycles. The summed E-state index contributed by atoms with van der Waals surface area (Å²) < 4.78 is 38.9. The van der Waals surface area contributed by atoms with E-state index in [4.69, 9.17) is 0 Å². The number of carbonyl (C=O) groups is 1. The fourth-order valence-electron chi connectivity index (χ4n) is 4.40. The molecule has 4 rings (SSSR count). The van der Waals surface area contributed by atoms with Crippen LogP contribution in [0.15, 0.2) is 42.5 Å². The highest BCUT2D eigenvalue weighted by Gasteiger charge is 2.32. The average Bonchev–Trinajstić information content (AvgIpc) is 2.74. The predicted octanol–water partition coefficient (Wildman–Crippen LogP) is 4.41. The first-order chi connectivity index (χ1) is 14.3. The second-order valence-corrected chi connectivity index (χ2v) is 8.14. The lowest BCUT2D eigenvalue weighted by atomic mass is 9.88. The molecule has 1 atom stereocenters. The van der Waals surface area contributed by atoms with E-state index in [-0.39, 0.29) is 17.9 Å². The number of nitrogens with zero attached hydrogens (tertiary/aromatic N) is 1. The standard InChI is InChI=1S/C23H25F3N2O2/c24-23(25,26)17-4-2-5-18(13-17)28-11-9-16(10-12-28)22(30)27-21-6-1-3-15-7-8-19(29)14-20(15)21/h1-6,13,16,19,29H,7-12,14H2,(H,27,30). The number of anilines is 2. The number of aryl methyl sites for hydroxylation is 1. The quantitative estimate of drug-likeness (QED) is 0.777. The van der Waals surface area contributed by atoms with Crippen molar-refractivity contribution in [1.29, 1.82) is 0 Å². The van der Waals surface area contributed by atoms with Crippen molar-refractivity contribution in [3.05, 3.63) is 59.2 Å². The van der Waals surface area contributed by atoms with Crippen LogP contribution in [0.5, 0.6) is 0 Å². The number of hydrogen-bond acceptors (Lipinski definition) is 3. The van der Waals surface area contributed by atoms with Gasteiger partial charge in [-0.2, -0.15) is 13.2 Å². The lowest BCUT2D eigenvalue weighted by Crippen LogP contribution is -2.38. The first-order valence-electron chi connectivity index (χ1n) is 10.3. The van der Waals surface area contributed by atoms with Gasteiger partial charge in [-0.1, -0.05) is 18.2 Å². The molecular weight excluding hydrogens is 393 g/mol. The molecule has 0 bridgehead atoms. The molecule has 1 saturated heterocycles. The molecule has 1 heterocycles. The van der Waals surface area contributed by atoms with Gasteiger partial charge >= 0.3 is 6.18 Å². The number of benzene rings is 2. The lowest BCUT2D eigenvalue weighted by molar-refractivity contribution is -0.137. The summed E-state index contributed by atoms with van der Waals surface area (Å²) in [6.45, 7) is 1.07. The van der Waals surface area contributed by atoms with Gasteiger partial charge in [0, 0.05) is 36.8 Å². The molecule has 160 valence electrons. The zero-order chi connectivity index (χ0) is 21.3. The van der Waals surface area contributed by atoms with E-state index in [0.29, 0.717) is 38.0 Å². The van der Waals surface area contributed by atoms with Crippen LogP contribution < -0.4 is 10.2 Å². The number of nitrogens with one attached hydrogen (secondary N) is 1. The molecule has 7 heteroatoms. The summed E-state index contributed by atoms with van der Waals surface area (Å²) >= 11 is 0. The van der Waals surface area contributed by atoms with Gasteiger partial charge in [0.25, 0.3) is 0 Å². The van der Waals surface area contributed by atoms with E-state index in [2.05, 4.69) is 5.32 Å². The van der Waals surface area contributed by atoms with Gasteiger partial charge < -0.3 is 15.3 Å². The molecule has 30 heavy (non-hydrogen) atoms. The average molecular weight is 418 g/mol. The van der Waals surface area contributed by atoms with Gasteiger partial charge in [0.05, 0.1) is 11.7 Å². The van der Waals surface area contributed by atoms with Crippen molar-refractivity contribution in [2.24, 2.45) is 5.92 Å². The summed E-state index contributed by atoms with van der Waals surface area (Å²) in [5.41, 5.74) is 2.81. The summed E-state index contributed by atoms with van der Waals surface area (Å²) in [6, 6.07) is 11.2. The molecular formula is C23H25F3N2O2. The normalized spacial score (nSPS) is 20.0. The molecule has 1 aliphatic carbocycles. The number of hydrogen-bond donors (Lipinski definition) is 2. The maximum absolute atomic E-state index is 13.0. The fraction of sp³-hybridized carbons (Fsp3) is 0.435. The number of alkyl halides is 3. The maximum atomic E-state index is 13.0. The fourth-order valence-corrected chi connectivity index (χ4v) is 4.40. The molecule has 2 aliphatic rings. The Bertz CT molecular complexity index is 921. The van der Waals surface area contributed by atoms with Gasteiger partial charge in [0.15, 0.2) is 0 Å². The third kappa shape index (κ3) is 4.46.